The number of fused-ring (bicyclic) bond motifs is 1. The average molecular weight is 273 g/mol. The van der Waals surface area contributed by atoms with E-state index in [2.05, 4.69) is 0 Å². The fourth-order valence-corrected chi connectivity index (χ4v) is 3.32. The summed E-state index contributed by atoms with van der Waals surface area (Å²) >= 11 is 0. The molecule has 0 radical (unpaired) electrons. The Bertz CT molecular complexity index is 528. The number of hydrogen-bond donors (Lipinski definition) is 1. The smallest absolute Gasteiger partial charge is 0.233 e. The third-order valence-corrected chi connectivity index (χ3v) is 4.70. The van der Waals surface area contributed by atoms with Crippen LogP contribution in [0.4, 0.5) is 0 Å². The van der Waals surface area contributed by atoms with Crippen LogP contribution in [0, 0.1) is 17.3 Å². The number of benzene rings is 1. The lowest BCUT2D eigenvalue weighted by Gasteiger charge is -2.21. The van der Waals surface area contributed by atoms with Gasteiger partial charge in [-0.2, -0.15) is 0 Å². The molecule has 3 rings (SSSR count). The fourth-order valence-electron chi connectivity index (χ4n) is 3.32. The molecule has 0 bridgehead atoms. The fraction of sp³-hybridized carbons (Fsp3) is 0.500. The summed E-state index contributed by atoms with van der Waals surface area (Å²) in [6.07, 6.45) is -0.247. The van der Waals surface area contributed by atoms with Gasteiger partial charge in [0.2, 0.25) is 11.8 Å². The summed E-state index contributed by atoms with van der Waals surface area (Å²) in [4.78, 5) is 25.6. The van der Waals surface area contributed by atoms with Crippen molar-refractivity contribution in [2.45, 2.75) is 26.4 Å². The van der Waals surface area contributed by atoms with Gasteiger partial charge in [0.05, 0.1) is 17.9 Å². The molecule has 1 aromatic rings. The van der Waals surface area contributed by atoms with Crippen LogP contribution < -0.4 is 0 Å². The molecule has 106 valence electrons. The number of hydrogen-bond acceptors (Lipinski definition) is 3. The lowest BCUT2D eigenvalue weighted by Crippen LogP contribution is -2.37. The number of carbonyl (C=O) groups is 2. The highest BCUT2D eigenvalue weighted by Crippen LogP contribution is 2.63. The van der Waals surface area contributed by atoms with Crippen molar-refractivity contribution in [3.05, 3.63) is 35.9 Å². The molecule has 1 aromatic carbocycles. The number of rotatable bonds is 4. The van der Waals surface area contributed by atoms with E-state index < -0.39 is 6.10 Å². The largest absolute Gasteiger partial charge is 0.388 e. The minimum absolute atomic E-state index is 0.0646. The van der Waals surface area contributed by atoms with Gasteiger partial charge in [0.1, 0.15) is 0 Å². The molecule has 1 heterocycles. The zero-order chi connectivity index (χ0) is 14.5. The zero-order valence-electron chi connectivity index (χ0n) is 11.7. The second-order valence-corrected chi connectivity index (χ2v) is 6.32. The van der Waals surface area contributed by atoms with E-state index in [9.17, 15) is 14.7 Å². The van der Waals surface area contributed by atoms with Gasteiger partial charge in [0.15, 0.2) is 0 Å². The second-order valence-electron chi connectivity index (χ2n) is 6.32. The molecule has 4 nitrogen and oxygen atoms in total. The number of likely N-dealkylation sites (tertiary alicyclic amines) is 1. The first-order valence-corrected chi connectivity index (χ1v) is 7.03. The van der Waals surface area contributed by atoms with Crippen molar-refractivity contribution in [3.8, 4) is 0 Å². The summed E-state index contributed by atoms with van der Waals surface area (Å²) in [6, 6.07) is 9.31. The van der Waals surface area contributed by atoms with Gasteiger partial charge in [-0.25, -0.2) is 0 Å². The SMILES string of the molecule is CC1(C)C2C(=O)N(CCC(O)c3ccccc3)C(=O)C21. The molecule has 1 aliphatic carbocycles. The minimum atomic E-state index is -0.637. The molecule has 2 aliphatic rings. The highest BCUT2D eigenvalue weighted by molar-refractivity contribution is 6.10. The molecule has 1 saturated carbocycles. The van der Waals surface area contributed by atoms with Crippen LogP contribution in [0.3, 0.4) is 0 Å². The van der Waals surface area contributed by atoms with Gasteiger partial charge in [0.25, 0.3) is 0 Å². The Kier molecular flexibility index (Phi) is 2.94. The van der Waals surface area contributed by atoms with Crippen molar-refractivity contribution >= 4 is 11.8 Å². The molecule has 3 unspecified atom stereocenters. The van der Waals surface area contributed by atoms with Crippen LogP contribution in [-0.2, 0) is 9.59 Å². The Balaban J connectivity index is 1.61. The molecular weight excluding hydrogens is 254 g/mol. The van der Waals surface area contributed by atoms with Crippen LogP contribution >= 0.6 is 0 Å². The number of aliphatic hydroxyl groups is 1. The lowest BCUT2D eigenvalue weighted by atomic mass is 10.0. The van der Waals surface area contributed by atoms with E-state index >= 15 is 0 Å². The van der Waals surface area contributed by atoms with Crippen molar-refractivity contribution in [1.29, 1.82) is 0 Å². The maximum atomic E-state index is 12.1. The standard InChI is InChI=1S/C16H19NO3/c1-16(2)12-13(16)15(20)17(14(12)19)9-8-11(18)10-6-4-3-5-7-10/h3-7,11-13,18H,8-9H2,1-2H3. The molecule has 1 N–H and O–H groups in total. The third-order valence-electron chi connectivity index (χ3n) is 4.70. The first-order chi connectivity index (χ1) is 9.44. The van der Waals surface area contributed by atoms with Gasteiger partial charge >= 0.3 is 0 Å². The van der Waals surface area contributed by atoms with Gasteiger partial charge in [-0.15, -0.1) is 0 Å². The normalized spacial score (nSPS) is 28.4. The Hall–Kier alpha value is -1.68. The van der Waals surface area contributed by atoms with E-state index in [1.54, 1.807) is 0 Å². The number of piperidine rings is 1. The van der Waals surface area contributed by atoms with Gasteiger partial charge in [-0.05, 0) is 17.4 Å². The quantitative estimate of drug-likeness (QED) is 0.850. The topological polar surface area (TPSA) is 57.6 Å². The second kappa shape index (κ2) is 4.42. The van der Waals surface area contributed by atoms with E-state index in [0.29, 0.717) is 13.0 Å². The number of amides is 2. The number of imide groups is 1. The summed E-state index contributed by atoms with van der Waals surface area (Å²) in [6.45, 7) is 4.24. The highest BCUT2D eigenvalue weighted by atomic mass is 16.3. The maximum Gasteiger partial charge on any atom is 0.233 e. The first-order valence-electron chi connectivity index (χ1n) is 7.03. The minimum Gasteiger partial charge on any atom is -0.388 e. The summed E-state index contributed by atoms with van der Waals surface area (Å²) in [5.74, 6) is -0.400. The van der Waals surface area contributed by atoms with E-state index in [-0.39, 0.29) is 29.1 Å². The van der Waals surface area contributed by atoms with Gasteiger partial charge in [-0.3, -0.25) is 14.5 Å². The molecule has 3 atom stereocenters. The molecule has 0 aromatic heterocycles. The molecule has 0 spiro atoms. The maximum absolute atomic E-state index is 12.1. The zero-order valence-corrected chi connectivity index (χ0v) is 11.7. The molecular formula is C16H19NO3. The Morgan fingerprint density at radius 2 is 1.70 bits per heavy atom. The van der Waals surface area contributed by atoms with Crippen LogP contribution in [0.5, 0.6) is 0 Å². The number of carbonyl (C=O) groups excluding carboxylic acids is 2. The number of nitrogens with zero attached hydrogens (tertiary/aromatic N) is 1. The summed E-state index contributed by atoms with van der Waals surface area (Å²) in [5.41, 5.74) is 0.653. The van der Waals surface area contributed by atoms with Crippen LogP contribution in [0.2, 0.25) is 0 Å². The summed E-state index contributed by atoms with van der Waals surface area (Å²) in [5, 5.41) is 10.1. The summed E-state index contributed by atoms with van der Waals surface area (Å²) in [7, 11) is 0. The highest BCUT2D eigenvalue weighted by Gasteiger charge is 2.72. The van der Waals surface area contributed by atoms with E-state index in [1.165, 1.54) is 4.90 Å². The predicted molar refractivity (Wildman–Crippen MR) is 73.5 cm³/mol. The van der Waals surface area contributed by atoms with Crippen molar-refractivity contribution in [3.63, 3.8) is 0 Å². The van der Waals surface area contributed by atoms with Gasteiger partial charge in [0, 0.05) is 6.54 Å². The predicted octanol–water partition coefficient (Wildman–Crippen LogP) is 1.75. The van der Waals surface area contributed by atoms with Crippen molar-refractivity contribution in [2.24, 2.45) is 17.3 Å². The molecule has 1 saturated heterocycles. The van der Waals surface area contributed by atoms with Crippen molar-refractivity contribution < 1.29 is 14.7 Å². The Morgan fingerprint density at radius 3 is 2.25 bits per heavy atom. The van der Waals surface area contributed by atoms with Crippen LogP contribution in [0.1, 0.15) is 31.9 Å². The lowest BCUT2D eigenvalue weighted by molar-refractivity contribution is -0.143. The molecule has 2 amide bonds. The monoisotopic (exact) mass is 273 g/mol. The van der Waals surface area contributed by atoms with Crippen molar-refractivity contribution in [2.75, 3.05) is 6.54 Å². The van der Waals surface area contributed by atoms with Crippen LogP contribution in [0.15, 0.2) is 30.3 Å². The molecule has 20 heavy (non-hydrogen) atoms. The Labute approximate surface area is 118 Å². The van der Waals surface area contributed by atoms with Gasteiger partial charge in [-0.1, -0.05) is 44.2 Å². The van der Waals surface area contributed by atoms with Crippen molar-refractivity contribution in [1.82, 2.24) is 4.90 Å². The molecule has 1 aliphatic heterocycles. The summed E-state index contributed by atoms with van der Waals surface area (Å²) < 4.78 is 0. The van der Waals surface area contributed by atoms with E-state index in [1.807, 2.05) is 44.2 Å². The molecule has 4 heteroatoms. The first kappa shape index (κ1) is 13.3. The van der Waals surface area contributed by atoms with Crippen LogP contribution in [-0.4, -0.2) is 28.4 Å². The third kappa shape index (κ3) is 1.86. The van der Waals surface area contributed by atoms with Gasteiger partial charge < -0.3 is 5.11 Å². The average Bonchev–Trinajstić information content (AvgIpc) is 2.90. The number of aliphatic hydroxyl groups excluding tert-OH is 1. The van der Waals surface area contributed by atoms with Crippen LogP contribution in [0.25, 0.3) is 0 Å². The van der Waals surface area contributed by atoms with E-state index in [4.69, 9.17) is 0 Å². The van der Waals surface area contributed by atoms with E-state index in [0.717, 1.165) is 5.56 Å². The Morgan fingerprint density at radius 1 is 1.15 bits per heavy atom. The molecule has 2 fully saturated rings.